The number of hydrogen-bond acceptors (Lipinski definition) is 4. The smallest absolute Gasteiger partial charge is 0.253 e. The molecule has 38 heavy (non-hydrogen) atoms. The number of benzene rings is 3. The van der Waals surface area contributed by atoms with Crippen LogP contribution in [0.5, 0.6) is 0 Å². The molecule has 0 bridgehead atoms. The Hall–Kier alpha value is -3.82. The van der Waals surface area contributed by atoms with Crippen molar-refractivity contribution in [1.29, 1.82) is 0 Å². The van der Waals surface area contributed by atoms with Crippen molar-refractivity contribution in [3.8, 4) is 16.8 Å². The Morgan fingerprint density at radius 2 is 1.84 bits per heavy atom. The van der Waals surface area contributed by atoms with E-state index in [0.717, 1.165) is 38.1 Å². The standard InChI is InChI=1S/C29H24BrFN4O3/c1-17-28(37)34(13-12-18-2-11-25-20(14-18)15-26(36)32-25)29(38-17)27-24(19-3-7-22(31)8-4-19)16-35(33-27)23-9-5-21(30)6-10-23/h2-11,14,16-17,29H,12-13,15H2,1H3,(H,32,36)/t17-,29+/m1/s1. The average molecular weight is 575 g/mol. The summed E-state index contributed by atoms with van der Waals surface area (Å²) >= 11 is 3.46. The highest BCUT2D eigenvalue weighted by Gasteiger charge is 2.41. The maximum Gasteiger partial charge on any atom is 0.253 e. The van der Waals surface area contributed by atoms with Gasteiger partial charge in [0.25, 0.3) is 5.91 Å². The number of ether oxygens (including phenoxy) is 1. The summed E-state index contributed by atoms with van der Waals surface area (Å²) in [6.07, 6.45) is 1.51. The van der Waals surface area contributed by atoms with Crippen LogP contribution in [0.3, 0.4) is 0 Å². The van der Waals surface area contributed by atoms with E-state index in [1.54, 1.807) is 28.6 Å². The Balaban J connectivity index is 1.34. The first kappa shape index (κ1) is 24.5. The molecular formula is C29H24BrFN4O3. The molecule has 0 saturated carbocycles. The Kier molecular flexibility index (Phi) is 6.33. The number of fused-ring (bicyclic) bond motifs is 1. The van der Waals surface area contributed by atoms with Gasteiger partial charge in [-0.2, -0.15) is 5.10 Å². The fourth-order valence-corrected chi connectivity index (χ4v) is 5.21. The normalized spacial score (nSPS) is 18.7. The van der Waals surface area contributed by atoms with E-state index in [2.05, 4.69) is 21.2 Å². The molecule has 7 nitrogen and oxygen atoms in total. The lowest BCUT2D eigenvalue weighted by Gasteiger charge is -2.23. The van der Waals surface area contributed by atoms with Gasteiger partial charge in [-0.3, -0.25) is 9.59 Å². The third kappa shape index (κ3) is 4.63. The molecule has 3 aromatic carbocycles. The second kappa shape index (κ2) is 9.81. The third-order valence-corrected chi connectivity index (χ3v) is 7.43. The van der Waals surface area contributed by atoms with Gasteiger partial charge in [-0.15, -0.1) is 0 Å². The first-order chi connectivity index (χ1) is 18.4. The topological polar surface area (TPSA) is 76.5 Å². The zero-order valence-electron chi connectivity index (χ0n) is 20.5. The molecule has 4 aromatic rings. The number of aromatic nitrogens is 2. The Morgan fingerprint density at radius 1 is 1.08 bits per heavy atom. The predicted octanol–water partition coefficient (Wildman–Crippen LogP) is 5.42. The van der Waals surface area contributed by atoms with E-state index in [0.29, 0.717) is 25.1 Å². The first-order valence-electron chi connectivity index (χ1n) is 12.3. The van der Waals surface area contributed by atoms with Crippen LogP contribution in [0, 0.1) is 5.82 Å². The average Bonchev–Trinajstić information content (AvgIpc) is 3.58. The van der Waals surface area contributed by atoms with Crippen molar-refractivity contribution < 1.29 is 18.7 Å². The van der Waals surface area contributed by atoms with E-state index in [1.807, 2.05) is 48.7 Å². The molecule has 2 aliphatic heterocycles. The Bertz CT molecular complexity index is 1530. The molecule has 2 aliphatic rings. The van der Waals surface area contributed by atoms with E-state index in [4.69, 9.17) is 9.84 Å². The van der Waals surface area contributed by atoms with Gasteiger partial charge in [0.2, 0.25) is 5.91 Å². The number of hydrogen-bond donors (Lipinski definition) is 1. The maximum absolute atomic E-state index is 13.7. The van der Waals surface area contributed by atoms with Crippen LogP contribution in [0.2, 0.25) is 0 Å². The van der Waals surface area contributed by atoms with E-state index < -0.39 is 12.3 Å². The number of rotatable bonds is 6. The molecule has 0 radical (unpaired) electrons. The van der Waals surface area contributed by atoms with Gasteiger partial charge >= 0.3 is 0 Å². The molecule has 2 amide bonds. The second-order valence-electron chi connectivity index (χ2n) is 9.48. The number of halogens is 2. The van der Waals surface area contributed by atoms with Crippen molar-refractivity contribution in [3.63, 3.8) is 0 Å². The highest BCUT2D eigenvalue weighted by molar-refractivity contribution is 9.10. The summed E-state index contributed by atoms with van der Waals surface area (Å²) in [5.41, 5.74) is 5.80. The molecule has 6 rings (SSSR count). The van der Waals surface area contributed by atoms with Crippen LogP contribution in [-0.4, -0.2) is 39.1 Å². The van der Waals surface area contributed by atoms with Gasteiger partial charge in [0.05, 0.1) is 12.1 Å². The van der Waals surface area contributed by atoms with Crippen LogP contribution < -0.4 is 5.32 Å². The van der Waals surface area contributed by atoms with Crippen molar-refractivity contribution in [3.05, 3.63) is 100 Å². The van der Waals surface area contributed by atoms with Crippen molar-refractivity contribution in [2.45, 2.75) is 32.1 Å². The van der Waals surface area contributed by atoms with Gasteiger partial charge in [0, 0.05) is 28.5 Å². The fourth-order valence-electron chi connectivity index (χ4n) is 4.95. The maximum atomic E-state index is 13.7. The summed E-state index contributed by atoms with van der Waals surface area (Å²) in [5.74, 6) is -0.454. The van der Waals surface area contributed by atoms with Gasteiger partial charge in [0.1, 0.15) is 17.6 Å². The van der Waals surface area contributed by atoms with Crippen LogP contribution in [0.1, 0.15) is 30.0 Å². The first-order valence-corrected chi connectivity index (χ1v) is 13.1. The van der Waals surface area contributed by atoms with Crippen LogP contribution in [0.4, 0.5) is 10.1 Å². The monoisotopic (exact) mass is 574 g/mol. The summed E-state index contributed by atoms with van der Waals surface area (Å²) < 4.78 is 22.6. The SMILES string of the molecule is C[C@H]1O[C@@H](c2nn(-c3ccc(Br)cc3)cc2-c2ccc(F)cc2)N(CCc2ccc3c(c2)CC(=O)N3)C1=O. The highest BCUT2D eigenvalue weighted by Crippen LogP contribution is 2.37. The Morgan fingerprint density at radius 3 is 2.61 bits per heavy atom. The highest BCUT2D eigenvalue weighted by atomic mass is 79.9. The third-order valence-electron chi connectivity index (χ3n) is 6.91. The van der Waals surface area contributed by atoms with Crippen molar-refractivity contribution >= 4 is 33.4 Å². The van der Waals surface area contributed by atoms with Gasteiger partial charge in [0.15, 0.2) is 6.23 Å². The molecule has 2 atom stereocenters. The molecule has 0 aliphatic carbocycles. The van der Waals surface area contributed by atoms with Crippen molar-refractivity contribution in [2.24, 2.45) is 0 Å². The van der Waals surface area contributed by atoms with Crippen LogP contribution in [0.15, 0.2) is 77.4 Å². The molecule has 1 aromatic heterocycles. The van der Waals surface area contributed by atoms with Gasteiger partial charge in [-0.25, -0.2) is 9.07 Å². The van der Waals surface area contributed by atoms with Crippen LogP contribution >= 0.6 is 15.9 Å². The lowest BCUT2D eigenvalue weighted by Crippen LogP contribution is -2.32. The number of nitrogens with one attached hydrogen (secondary N) is 1. The lowest BCUT2D eigenvalue weighted by molar-refractivity contribution is -0.130. The minimum absolute atomic E-state index is 0.0103. The minimum atomic E-state index is -0.702. The summed E-state index contributed by atoms with van der Waals surface area (Å²) in [6.45, 7) is 2.16. The summed E-state index contributed by atoms with van der Waals surface area (Å²) in [5, 5.41) is 7.71. The lowest BCUT2D eigenvalue weighted by atomic mass is 10.0. The molecule has 192 valence electrons. The van der Waals surface area contributed by atoms with Crippen molar-refractivity contribution in [1.82, 2.24) is 14.7 Å². The molecule has 0 spiro atoms. The van der Waals surface area contributed by atoms with Crippen molar-refractivity contribution in [2.75, 3.05) is 11.9 Å². The summed E-state index contributed by atoms with van der Waals surface area (Å²) in [4.78, 5) is 26.6. The molecule has 1 fully saturated rings. The minimum Gasteiger partial charge on any atom is -0.339 e. The van der Waals surface area contributed by atoms with Crippen LogP contribution in [-0.2, 0) is 27.2 Å². The number of nitrogens with zero attached hydrogens (tertiary/aromatic N) is 3. The van der Waals surface area contributed by atoms with Crippen LogP contribution in [0.25, 0.3) is 16.8 Å². The Labute approximate surface area is 227 Å². The van der Waals surface area contributed by atoms with E-state index in [9.17, 15) is 14.0 Å². The fraction of sp³-hybridized carbons (Fsp3) is 0.207. The molecule has 1 saturated heterocycles. The number of carbonyl (C=O) groups is 2. The quantitative estimate of drug-likeness (QED) is 0.333. The van der Waals surface area contributed by atoms with Gasteiger partial charge < -0.3 is 15.0 Å². The number of carbonyl (C=O) groups excluding carboxylic acids is 2. The van der Waals surface area contributed by atoms with Gasteiger partial charge in [-0.1, -0.05) is 40.2 Å². The molecule has 3 heterocycles. The molecular weight excluding hydrogens is 551 g/mol. The summed E-state index contributed by atoms with van der Waals surface area (Å²) in [6, 6.07) is 19.8. The number of amides is 2. The second-order valence-corrected chi connectivity index (χ2v) is 10.4. The largest absolute Gasteiger partial charge is 0.339 e. The zero-order valence-corrected chi connectivity index (χ0v) is 22.1. The molecule has 0 unspecified atom stereocenters. The number of anilines is 1. The zero-order chi connectivity index (χ0) is 26.4. The van der Waals surface area contributed by atoms with Gasteiger partial charge in [-0.05, 0) is 72.5 Å². The molecule has 9 heteroatoms. The van der Waals surface area contributed by atoms with E-state index in [-0.39, 0.29) is 17.6 Å². The summed E-state index contributed by atoms with van der Waals surface area (Å²) in [7, 11) is 0. The van der Waals surface area contributed by atoms with E-state index in [1.165, 1.54) is 12.1 Å². The van der Waals surface area contributed by atoms with E-state index >= 15 is 0 Å². The molecule has 1 N–H and O–H groups in total. The predicted molar refractivity (Wildman–Crippen MR) is 144 cm³/mol.